The van der Waals surface area contributed by atoms with Crippen molar-refractivity contribution in [3.05, 3.63) is 24.3 Å². The van der Waals surface area contributed by atoms with E-state index >= 15 is 0 Å². The molecule has 0 heterocycles. The molecule has 0 aliphatic rings. The summed E-state index contributed by atoms with van der Waals surface area (Å²) in [6, 6.07) is 6.07. The Labute approximate surface area is 102 Å². The maximum atomic E-state index is 11.9. The van der Waals surface area contributed by atoms with Crippen molar-refractivity contribution < 1.29 is 13.2 Å². The highest BCUT2D eigenvalue weighted by Crippen LogP contribution is 2.15. The average molecular weight is 258 g/mol. The maximum Gasteiger partial charge on any atom is 0.240 e. The Kier molecular flexibility index (Phi) is 4.92. The van der Waals surface area contributed by atoms with Gasteiger partial charge in [-0.1, -0.05) is 0 Å². The van der Waals surface area contributed by atoms with Gasteiger partial charge in [-0.25, -0.2) is 13.1 Å². The highest BCUT2D eigenvalue weighted by molar-refractivity contribution is 7.89. The van der Waals surface area contributed by atoms with Crippen molar-refractivity contribution in [1.29, 1.82) is 0 Å². The summed E-state index contributed by atoms with van der Waals surface area (Å²) < 4.78 is 31.4. The molecule has 0 spiro atoms. The second kappa shape index (κ2) is 6.00. The first-order valence-corrected chi connectivity index (χ1v) is 6.84. The lowest BCUT2D eigenvalue weighted by Crippen LogP contribution is -2.34. The number of ether oxygens (including phenoxy) is 1. The largest absolute Gasteiger partial charge is 0.497 e. The van der Waals surface area contributed by atoms with Gasteiger partial charge >= 0.3 is 0 Å². The van der Waals surface area contributed by atoms with Crippen LogP contribution in [0, 0.1) is 0 Å². The SMILES string of the molecule is COc1ccc(S(=O)(=O)NC(C)CCN)cc1. The fourth-order valence-corrected chi connectivity index (χ4v) is 2.67. The van der Waals surface area contributed by atoms with E-state index < -0.39 is 10.0 Å². The molecule has 1 aromatic carbocycles. The second-order valence-corrected chi connectivity index (χ2v) is 5.49. The van der Waals surface area contributed by atoms with E-state index in [1.165, 1.54) is 19.2 Å². The number of hydrogen-bond donors (Lipinski definition) is 2. The Bertz CT molecular complexity index is 442. The molecule has 96 valence electrons. The van der Waals surface area contributed by atoms with E-state index in [1.807, 2.05) is 0 Å². The fraction of sp³-hybridized carbons (Fsp3) is 0.455. The molecule has 0 aliphatic heterocycles. The molecule has 6 heteroatoms. The Balaban J connectivity index is 2.82. The van der Waals surface area contributed by atoms with Crippen molar-refractivity contribution in [2.24, 2.45) is 5.73 Å². The first-order valence-electron chi connectivity index (χ1n) is 5.36. The molecular weight excluding hydrogens is 240 g/mol. The minimum Gasteiger partial charge on any atom is -0.497 e. The zero-order chi connectivity index (χ0) is 12.9. The van der Waals surface area contributed by atoms with Crippen LogP contribution in [0.15, 0.2) is 29.2 Å². The fourth-order valence-electron chi connectivity index (χ4n) is 1.40. The van der Waals surface area contributed by atoms with E-state index in [0.717, 1.165) is 0 Å². The topological polar surface area (TPSA) is 81.4 Å². The molecule has 1 rings (SSSR count). The van der Waals surface area contributed by atoms with Crippen LogP contribution < -0.4 is 15.2 Å². The zero-order valence-electron chi connectivity index (χ0n) is 10.0. The van der Waals surface area contributed by atoms with Gasteiger partial charge in [0.05, 0.1) is 12.0 Å². The van der Waals surface area contributed by atoms with Gasteiger partial charge in [0.15, 0.2) is 0 Å². The maximum absolute atomic E-state index is 11.9. The normalized spacial score (nSPS) is 13.4. The lowest BCUT2D eigenvalue weighted by molar-refractivity contribution is 0.414. The molecule has 0 radical (unpaired) electrons. The summed E-state index contributed by atoms with van der Waals surface area (Å²) in [5, 5.41) is 0. The molecule has 1 unspecified atom stereocenters. The van der Waals surface area contributed by atoms with Crippen LogP contribution in [0.5, 0.6) is 5.75 Å². The Morgan fingerprint density at radius 2 is 1.94 bits per heavy atom. The Hall–Kier alpha value is -1.11. The minimum atomic E-state index is -3.47. The summed E-state index contributed by atoms with van der Waals surface area (Å²) in [5.41, 5.74) is 5.37. The molecule has 0 saturated carbocycles. The van der Waals surface area contributed by atoms with E-state index in [1.54, 1.807) is 19.1 Å². The van der Waals surface area contributed by atoms with Gasteiger partial charge in [-0.15, -0.1) is 0 Å². The minimum absolute atomic E-state index is 0.174. The molecule has 3 N–H and O–H groups in total. The first-order chi connectivity index (χ1) is 7.99. The number of nitrogens with two attached hydrogens (primary N) is 1. The monoisotopic (exact) mass is 258 g/mol. The van der Waals surface area contributed by atoms with Gasteiger partial charge in [0.2, 0.25) is 10.0 Å². The summed E-state index contributed by atoms with van der Waals surface area (Å²) in [6.45, 7) is 2.24. The summed E-state index contributed by atoms with van der Waals surface area (Å²) in [5.74, 6) is 0.624. The highest BCUT2D eigenvalue weighted by atomic mass is 32.2. The van der Waals surface area contributed by atoms with Gasteiger partial charge in [0, 0.05) is 6.04 Å². The summed E-state index contributed by atoms with van der Waals surface area (Å²) in [7, 11) is -1.93. The molecule has 1 aromatic rings. The predicted octanol–water partition coefficient (Wildman–Crippen LogP) is 0.711. The van der Waals surface area contributed by atoms with Gasteiger partial charge < -0.3 is 10.5 Å². The highest BCUT2D eigenvalue weighted by Gasteiger charge is 2.16. The van der Waals surface area contributed by atoms with E-state index in [9.17, 15) is 8.42 Å². The molecule has 0 aromatic heterocycles. The van der Waals surface area contributed by atoms with E-state index in [-0.39, 0.29) is 10.9 Å². The van der Waals surface area contributed by atoms with Gasteiger partial charge in [0.1, 0.15) is 5.75 Å². The number of sulfonamides is 1. The third-order valence-corrected chi connectivity index (χ3v) is 3.93. The molecule has 0 fully saturated rings. The van der Waals surface area contributed by atoms with E-state index in [2.05, 4.69) is 4.72 Å². The van der Waals surface area contributed by atoms with Crippen molar-refractivity contribution in [2.45, 2.75) is 24.3 Å². The predicted molar refractivity (Wildman–Crippen MR) is 66.4 cm³/mol. The number of methoxy groups -OCH3 is 1. The summed E-state index contributed by atoms with van der Waals surface area (Å²) in [6.07, 6.45) is 0.607. The lowest BCUT2D eigenvalue weighted by atomic mass is 10.3. The van der Waals surface area contributed by atoms with Crippen LogP contribution in [0.2, 0.25) is 0 Å². The molecule has 0 saturated heterocycles. The summed E-state index contributed by atoms with van der Waals surface area (Å²) >= 11 is 0. The summed E-state index contributed by atoms with van der Waals surface area (Å²) in [4.78, 5) is 0.224. The smallest absolute Gasteiger partial charge is 0.240 e. The molecule has 0 aliphatic carbocycles. The number of rotatable bonds is 6. The van der Waals surface area contributed by atoms with Crippen LogP contribution in [0.3, 0.4) is 0 Å². The number of benzene rings is 1. The molecule has 17 heavy (non-hydrogen) atoms. The van der Waals surface area contributed by atoms with Crippen LogP contribution in [-0.2, 0) is 10.0 Å². The molecular formula is C11H18N2O3S. The third kappa shape index (κ3) is 3.99. The van der Waals surface area contributed by atoms with Crippen LogP contribution >= 0.6 is 0 Å². The van der Waals surface area contributed by atoms with Crippen LogP contribution in [0.1, 0.15) is 13.3 Å². The quantitative estimate of drug-likeness (QED) is 0.787. The average Bonchev–Trinajstić information content (AvgIpc) is 2.28. The lowest BCUT2D eigenvalue weighted by Gasteiger charge is -2.13. The number of nitrogens with one attached hydrogen (secondary N) is 1. The van der Waals surface area contributed by atoms with E-state index in [4.69, 9.17) is 10.5 Å². The van der Waals surface area contributed by atoms with Crippen LogP contribution in [0.25, 0.3) is 0 Å². The molecule has 0 bridgehead atoms. The van der Waals surface area contributed by atoms with Gasteiger partial charge in [-0.2, -0.15) is 0 Å². The van der Waals surface area contributed by atoms with Gasteiger partial charge in [0.25, 0.3) is 0 Å². The Morgan fingerprint density at radius 3 is 2.41 bits per heavy atom. The third-order valence-electron chi connectivity index (χ3n) is 2.33. The second-order valence-electron chi connectivity index (χ2n) is 3.78. The molecule has 1 atom stereocenters. The number of hydrogen-bond acceptors (Lipinski definition) is 4. The standard InChI is InChI=1S/C11H18N2O3S/c1-9(7-8-12)13-17(14,15)11-5-3-10(16-2)4-6-11/h3-6,9,13H,7-8,12H2,1-2H3. The Morgan fingerprint density at radius 1 is 1.35 bits per heavy atom. The van der Waals surface area contributed by atoms with Crippen LogP contribution in [-0.4, -0.2) is 28.1 Å². The first kappa shape index (κ1) is 14.0. The van der Waals surface area contributed by atoms with Gasteiger partial charge in [-0.05, 0) is 44.2 Å². The van der Waals surface area contributed by atoms with Crippen molar-refractivity contribution >= 4 is 10.0 Å². The van der Waals surface area contributed by atoms with Crippen molar-refractivity contribution in [2.75, 3.05) is 13.7 Å². The molecule has 5 nitrogen and oxygen atoms in total. The van der Waals surface area contributed by atoms with Gasteiger partial charge in [-0.3, -0.25) is 0 Å². The molecule has 0 amide bonds. The van der Waals surface area contributed by atoms with Crippen molar-refractivity contribution in [1.82, 2.24) is 4.72 Å². The van der Waals surface area contributed by atoms with E-state index in [0.29, 0.717) is 18.7 Å². The van der Waals surface area contributed by atoms with Crippen molar-refractivity contribution in [3.8, 4) is 5.75 Å². The van der Waals surface area contributed by atoms with Crippen molar-refractivity contribution in [3.63, 3.8) is 0 Å². The van der Waals surface area contributed by atoms with Crippen LogP contribution in [0.4, 0.5) is 0 Å². The zero-order valence-corrected chi connectivity index (χ0v) is 10.8.